The standard InChI is InChI=1S/C20H21NO2/c22-19-17-13-7-8-14-18(17)20(23)21(19)15-9-2-1-4-10-16-11-5-3-6-12-16/h3,5-8,11-14H,1-2,4,9-10,15H2. The Labute approximate surface area is 136 Å². The Balaban J connectivity index is 1.40. The van der Waals surface area contributed by atoms with Gasteiger partial charge in [-0.25, -0.2) is 0 Å². The summed E-state index contributed by atoms with van der Waals surface area (Å²) in [6, 6.07) is 17.5. The summed E-state index contributed by atoms with van der Waals surface area (Å²) in [7, 11) is 0. The molecule has 0 aliphatic carbocycles. The van der Waals surface area contributed by atoms with Crippen LogP contribution >= 0.6 is 0 Å². The van der Waals surface area contributed by atoms with E-state index >= 15 is 0 Å². The highest BCUT2D eigenvalue weighted by Crippen LogP contribution is 2.22. The molecule has 0 saturated carbocycles. The zero-order valence-electron chi connectivity index (χ0n) is 13.2. The second-order valence-corrected chi connectivity index (χ2v) is 5.96. The lowest BCUT2D eigenvalue weighted by Crippen LogP contribution is -2.30. The molecule has 1 aliphatic rings. The fraction of sp³-hybridized carbons (Fsp3) is 0.300. The van der Waals surface area contributed by atoms with Crippen molar-refractivity contribution >= 4 is 11.8 Å². The highest BCUT2D eigenvalue weighted by atomic mass is 16.2. The quantitative estimate of drug-likeness (QED) is 0.571. The van der Waals surface area contributed by atoms with Crippen molar-refractivity contribution < 1.29 is 9.59 Å². The third-order valence-corrected chi connectivity index (χ3v) is 4.32. The maximum Gasteiger partial charge on any atom is 0.261 e. The molecule has 0 unspecified atom stereocenters. The highest BCUT2D eigenvalue weighted by molar-refractivity contribution is 6.21. The number of carbonyl (C=O) groups excluding carboxylic acids is 2. The van der Waals surface area contributed by atoms with Crippen LogP contribution in [0.25, 0.3) is 0 Å². The summed E-state index contributed by atoms with van der Waals surface area (Å²) in [4.78, 5) is 25.8. The van der Waals surface area contributed by atoms with Crippen LogP contribution in [-0.4, -0.2) is 23.3 Å². The van der Waals surface area contributed by atoms with Gasteiger partial charge in [0.2, 0.25) is 0 Å². The van der Waals surface area contributed by atoms with E-state index in [4.69, 9.17) is 0 Å². The van der Waals surface area contributed by atoms with Crippen LogP contribution in [-0.2, 0) is 6.42 Å². The first kappa shape index (κ1) is 15.5. The molecule has 3 rings (SSSR count). The predicted octanol–water partition coefficient (Wildman–Crippen LogP) is 4.09. The molecule has 3 heteroatoms. The molecule has 0 spiro atoms. The highest BCUT2D eigenvalue weighted by Gasteiger charge is 2.34. The molecule has 0 aromatic heterocycles. The topological polar surface area (TPSA) is 37.4 Å². The Morgan fingerprint density at radius 3 is 1.87 bits per heavy atom. The summed E-state index contributed by atoms with van der Waals surface area (Å²) < 4.78 is 0. The first-order chi connectivity index (χ1) is 11.3. The number of unbranched alkanes of at least 4 members (excludes halogenated alkanes) is 3. The summed E-state index contributed by atoms with van der Waals surface area (Å²) in [5, 5.41) is 0. The minimum absolute atomic E-state index is 0.144. The van der Waals surface area contributed by atoms with Crippen molar-refractivity contribution in [3.05, 3.63) is 71.3 Å². The minimum Gasteiger partial charge on any atom is -0.274 e. The first-order valence-electron chi connectivity index (χ1n) is 8.26. The van der Waals surface area contributed by atoms with Crippen LogP contribution in [0.1, 0.15) is 52.0 Å². The van der Waals surface area contributed by atoms with Gasteiger partial charge in [-0.05, 0) is 37.0 Å². The third-order valence-electron chi connectivity index (χ3n) is 4.32. The number of fused-ring (bicyclic) bond motifs is 1. The second-order valence-electron chi connectivity index (χ2n) is 5.96. The monoisotopic (exact) mass is 307 g/mol. The van der Waals surface area contributed by atoms with Crippen molar-refractivity contribution in [2.45, 2.75) is 32.1 Å². The van der Waals surface area contributed by atoms with Gasteiger partial charge in [-0.1, -0.05) is 55.3 Å². The van der Waals surface area contributed by atoms with Crippen molar-refractivity contribution in [1.82, 2.24) is 4.90 Å². The second kappa shape index (κ2) is 7.23. The summed E-state index contributed by atoms with van der Waals surface area (Å²) in [6.07, 6.45) is 5.28. The van der Waals surface area contributed by atoms with Crippen LogP contribution in [0.4, 0.5) is 0 Å². The van der Waals surface area contributed by atoms with Crippen LogP contribution in [0.5, 0.6) is 0 Å². The van der Waals surface area contributed by atoms with E-state index in [0.717, 1.165) is 32.1 Å². The predicted molar refractivity (Wildman–Crippen MR) is 90.4 cm³/mol. The first-order valence-corrected chi connectivity index (χ1v) is 8.26. The van der Waals surface area contributed by atoms with Gasteiger partial charge in [0.05, 0.1) is 11.1 Å². The molecular formula is C20H21NO2. The summed E-state index contributed by atoms with van der Waals surface area (Å²) in [6.45, 7) is 0.525. The Morgan fingerprint density at radius 1 is 0.652 bits per heavy atom. The van der Waals surface area contributed by atoms with Gasteiger partial charge in [0, 0.05) is 6.54 Å². The van der Waals surface area contributed by atoms with Gasteiger partial charge in [-0.3, -0.25) is 14.5 Å². The molecule has 23 heavy (non-hydrogen) atoms. The molecular weight excluding hydrogens is 286 g/mol. The van der Waals surface area contributed by atoms with Crippen LogP contribution < -0.4 is 0 Å². The maximum atomic E-state index is 12.2. The third kappa shape index (κ3) is 3.50. The number of aryl methyl sites for hydroxylation is 1. The van der Waals surface area contributed by atoms with Crippen molar-refractivity contribution in [2.75, 3.05) is 6.54 Å². The molecule has 2 aromatic rings. The number of benzene rings is 2. The zero-order valence-corrected chi connectivity index (χ0v) is 13.2. The van der Waals surface area contributed by atoms with Crippen molar-refractivity contribution in [1.29, 1.82) is 0 Å². The molecule has 2 amide bonds. The van der Waals surface area contributed by atoms with Gasteiger partial charge in [-0.15, -0.1) is 0 Å². The molecule has 0 atom stereocenters. The Kier molecular flexibility index (Phi) is 4.86. The smallest absolute Gasteiger partial charge is 0.261 e. The Bertz CT molecular complexity index is 659. The molecule has 1 heterocycles. The lowest BCUT2D eigenvalue weighted by molar-refractivity contribution is 0.0651. The van der Waals surface area contributed by atoms with Gasteiger partial charge in [0.1, 0.15) is 0 Å². The van der Waals surface area contributed by atoms with Crippen molar-refractivity contribution in [3.8, 4) is 0 Å². The molecule has 0 saturated heterocycles. The average Bonchev–Trinajstić information content (AvgIpc) is 2.84. The minimum atomic E-state index is -0.144. The Morgan fingerprint density at radius 2 is 1.22 bits per heavy atom. The normalized spacial score (nSPS) is 13.5. The summed E-state index contributed by atoms with van der Waals surface area (Å²) in [5.74, 6) is -0.287. The maximum absolute atomic E-state index is 12.2. The van der Waals surface area contributed by atoms with Gasteiger partial charge in [0.15, 0.2) is 0 Å². The molecule has 0 bridgehead atoms. The number of nitrogens with zero attached hydrogens (tertiary/aromatic N) is 1. The number of rotatable bonds is 7. The number of imide groups is 1. The van der Waals surface area contributed by atoms with Crippen molar-refractivity contribution in [3.63, 3.8) is 0 Å². The van der Waals surface area contributed by atoms with E-state index in [2.05, 4.69) is 24.3 Å². The lowest BCUT2D eigenvalue weighted by Gasteiger charge is -2.13. The van der Waals surface area contributed by atoms with E-state index in [0.29, 0.717) is 17.7 Å². The van der Waals surface area contributed by atoms with Crippen LogP contribution in [0.3, 0.4) is 0 Å². The van der Waals surface area contributed by atoms with Crippen LogP contribution in [0, 0.1) is 0 Å². The van der Waals surface area contributed by atoms with Gasteiger partial charge >= 0.3 is 0 Å². The van der Waals surface area contributed by atoms with E-state index in [-0.39, 0.29) is 11.8 Å². The number of carbonyl (C=O) groups is 2. The fourth-order valence-corrected chi connectivity index (χ4v) is 3.04. The molecule has 2 aromatic carbocycles. The summed E-state index contributed by atoms with van der Waals surface area (Å²) in [5.41, 5.74) is 2.45. The van der Waals surface area contributed by atoms with Gasteiger partial charge < -0.3 is 0 Å². The van der Waals surface area contributed by atoms with E-state index in [1.54, 1.807) is 24.3 Å². The van der Waals surface area contributed by atoms with Gasteiger partial charge in [-0.2, -0.15) is 0 Å². The van der Waals surface area contributed by atoms with Crippen LogP contribution in [0.2, 0.25) is 0 Å². The zero-order chi connectivity index (χ0) is 16.1. The van der Waals surface area contributed by atoms with Crippen molar-refractivity contribution in [2.24, 2.45) is 0 Å². The molecule has 3 nitrogen and oxygen atoms in total. The largest absolute Gasteiger partial charge is 0.274 e. The number of amides is 2. The SMILES string of the molecule is O=C1c2ccccc2C(=O)N1CCCCCCc1ccccc1. The van der Waals surface area contributed by atoms with Gasteiger partial charge in [0.25, 0.3) is 11.8 Å². The molecule has 1 aliphatic heterocycles. The van der Waals surface area contributed by atoms with E-state index in [9.17, 15) is 9.59 Å². The average molecular weight is 307 g/mol. The summed E-state index contributed by atoms with van der Waals surface area (Å²) >= 11 is 0. The number of hydrogen-bond acceptors (Lipinski definition) is 2. The molecule has 118 valence electrons. The Hall–Kier alpha value is -2.42. The van der Waals surface area contributed by atoms with E-state index in [1.165, 1.54) is 10.5 Å². The van der Waals surface area contributed by atoms with E-state index in [1.807, 2.05) is 6.07 Å². The fourth-order valence-electron chi connectivity index (χ4n) is 3.04. The van der Waals surface area contributed by atoms with E-state index < -0.39 is 0 Å². The molecule has 0 fully saturated rings. The molecule has 0 radical (unpaired) electrons. The molecule has 0 N–H and O–H groups in total. The number of hydrogen-bond donors (Lipinski definition) is 0. The van der Waals surface area contributed by atoms with Crippen LogP contribution in [0.15, 0.2) is 54.6 Å². The lowest BCUT2D eigenvalue weighted by atomic mass is 10.1.